The van der Waals surface area contributed by atoms with Crippen molar-refractivity contribution in [3.63, 3.8) is 0 Å². The summed E-state index contributed by atoms with van der Waals surface area (Å²) in [5.41, 5.74) is 0.299. The first-order chi connectivity index (χ1) is 14.1. The summed E-state index contributed by atoms with van der Waals surface area (Å²) in [5.74, 6) is 5.80. The van der Waals surface area contributed by atoms with Crippen molar-refractivity contribution in [3.8, 4) is 23.3 Å². The number of benzene rings is 2. The van der Waals surface area contributed by atoms with E-state index in [1.807, 2.05) is 42.5 Å². The lowest BCUT2D eigenvalue weighted by Crippen LogP contribution is -2.30. The van der Waals surface area contributed by atoms with E-state index >= 15 is 0 Å². The average molecular weight is 394 g/mol. The third-order valence-electron chi connectivity index (χ3n) is 4.98. The van der Waals surface area contributed by atoms with Gasteiger partial charge in [-0.1, -0.05) is 30.0 Å². The highest BCUT2D eigenvalue weighted by Gasteiger charge is 2.69. The third-order valence-corrected chi connectivity index (χ3v) is 4.98. The van der Waals surface area contributed by atoms with Crippen LogP contribution in [0, 0.1) is 17.3 Å². The van der Waals surface area contributed by atoms with Gasteiger partial charge in [-0.2, -0.15) is 0 Å². The maximum Gasteiger partial charge on any atom is 0.323 e. The van der Waals surface area contributed by atoms with Crippen LogP contribution in [0.15, 0.2) is 48.5 Å². The van der Waals surface area contributed by atoms with Crippen LogP contribution in [0.2, 0.25) is 0 Å². The SMILES string of the molecule is COC(=O)C1(C(=O)OC)CC1c1ccccc1OCC#Cc1ccc(OC)cc1. The van der Waals surface area contributed by atoms with Crippen LogP contribution < -0.4 is 9.47 Å². The monoisotopic (exact) mass is 394 g/mol. The van der Waals surface area contributed by atoms with Crippen molar-refractivity contribution in [1.82, 2.24) is 0 Å². The molecular weight excluding hydrogens is 372 g/mol. The Labute approximate surface area is 169 Å². The molecule has 2 aromatic rings. The first kappa shape index (κ1) is 20.3. The normalized spacial score (nSPS) is 16.0. The molecule has 0 saturated heterocycles. The zero-order chi connectivity index (χ0) is 20.9. The summed E-state index contributed by atoms with van der Waals surface area (Å²) in [6.07, 6.45) is 0.324. The van der Waals surface area contributed by atoms with Gasteiger partial charge in [-0.25, -0.2) is 0 Å². The Morgan fingerprint density at radius 2 is 1.66 bits per heavy atom. The van der Waals surface area contributed by atoms with Crippen molar-refractivity contribution in [2.45, 2.75) is 12.3 Å². The van der Waals surface area contributed by atoms with E-state index in [1.165, 1.54) is 14.2 Å². The van der Waals surface area contributed by atoms with E-state index in [4.69, 9.17) is 18.9 Å². The number of para-hydroxylation sites is 1. The second kappa shape index (κ2) is 8.70. The van der Waals surface area contributed by atoms with Crippen molar-refractivity contribution < 1.29 is 28.5 Å². The topological polar surface area (TPSA) is 71.1 Å². The zero-order valence-corrected chi connectivity index (χ0v) is 16.6. The maximum atomic E-state index is 12.3. The van der Waals surface area contributed by atoms with Crippen LogP contribution >= 0.6 is 0 Å². The summed E-state index contributed by atoms with van der Waals surface area (Å²) in [5, 5.41) is 0. The molecule has 0 heterocycles. The van der Waals surface area contributed by atoms with Crippen LogP contribution in [0.5, 0.6) is 11.5 Å². The van der Waals surface area contributed by atoms with Gasteiger partial charge in [0.15, 0.2) is 5.41 Å². The lowest BCUT2D eigenvalue weighted by molar-refractivity contribution is -0.161. The highest BCUT2D eigenvalue weighted by molar-refractivity contribution is 6.05. The predicted molar refractivity (Wildman–Crippen MR) is 106 cm³/mol. The van der Waals surface area contributed by atoms with Gasteiger partial charge in [0.2, 0.25) is 0 Å². The van der Waals surface area contributed by atoms with Gasteiger partial charge in [0.25, 0.3) is 0 Å². The fraction of sp³-hybridized carbons (Fsp3) is 0.304. The quantitative estimate of drug-likeness (QED) is 0.426. The molecule has 1 aliphatic carbocycles. The molecule has 0 bridgehead atoms. The number of esters is 2. The molecule has 1 aliphatic rings. The van der Waals surface area contributed by atoms with E-state index in [-0.39, 0.29) is 12.5 Å². The van der Waals surface area contributed by atoms with Gasteiger partial charge in [0, 0.05) is 11.5 Å². The van der Waals surface area contributed by atoms with Crippen molar-refractivity contribution in [2.24, 2.45) is 5.41 Å². The van der Waals surface area contributed by atoms with E-state index in [9.17, 15) is 9.59 Å². The van der Waals surface area contributed by atoms with E-state index in [1.54, 1.807) is 13.2 Å². The molecule has 1 saturated carbocycles. The Kier molecular flexibility index (Phi) is 6.08. The molecule has 29 heavy (non-hydrogen) atoms. The summed E-state index contributed by atoms with van der Waals surface area (Å²) in [6, 6.07) is 14.7. The second-order valence-corrected chi connectivity index (χ2v) is 6.57. The molecule has 0 radical (unpaired) electrons. The number of hydrogen-bond donors (Lipinski definition) is 0. The predicted octanol–water partition coefficient (Wildman–Crippen LogP) is 2.95. The highest BCUT2D eigenvalue weighted by Crippen LogP contribution is 2.62. The van der Waals surface area contributed by atoms with Gasteiger partial charge in [0.1, 0.15) is 18.1 Å². The number of carbonyl (C=O) groups is 2. The lowest BCUT2D eigenvalue weighted by atomic mass is 9.98. The Bertz CT molecular complexity index is 935. The Morgan fingerprint density at radius 3 is 2.28 bits per heavy atom. The molecule has 6 nitrogen and oxygen atoms in total. The second-order valence-electron chi connectivity index (χ2n) is 6.57. The van der Waals surface area contributed by atoms with Gasteiger partial charge in [-0.05, 0) is 42.3 Å². The minimum Gasteiger partial charge on any atom is -0.497 e. The molecule has 1 unspecified atom stereocenters. The molecule has 150 valence electrons. The third kappa shape index (κ3) is 4.04. The van der Waals surface area contributed by atoms with Gasteiger partial charge in [-0.3, -0.25) is 9.59 Å². The summed E-state index contributed by atoms with van der Waals surface area (Å²) in [7, 11) is 4.14. The Morgan fingerprint density at radius 1 is 1.00 bits per heavy atom. The fourth-order valence-corrected chi connectivity index (χ4v) is 3.36. The van der Waals surface area contributed by atoms with Crippen LogP contribution in [0.25, 0.3) is 0 Å². The molecule has 0 spiro atoms. The first-order valence-corrected chi connectivity index (χ1v) is 9.08. The number of ether oxygens (including phenoxy) is 4. The van der Waals surface area contributed by atoms with Gasteiger partial charge < -0.3 is 18.9 Å². The molecule has 3 rings (SSSR count). The summed E-state index contributed by atoms with van der Waals surface area (Å²) in [4.78, 5) is 24.5. The lowest BCUT2D eigenvalue weighted by Gasteiger charge is -2.14. The molecule has 6 heteroatoms. The molecule has 0 amide bonds. The summed E-state index contributed by atoms with van der Waals surface area (Å²) < 4.78 is 20.6. The van der Waals surface area contributed by atoms with Crippen LogP contribution in [0.3, 0.4) is 0 Å². The summed E-state index contributed by atoms with van der Waals surface area (Å²) in [6.45, 7) is 0.166. The van der Waals surface area contributed by atoms with Gasteiger partial charge >= 0.3 is 11.9 Å². The molecule has 0 aliphatic heterocycles. The number of rotatable bonds is 6. The van der Waals surface area contributed by atoms with Crippen molar-refractivity contribution in [1.29, 1.82) is 0 Å². The smallest absolute Gasteiger partial charge is 0.323 e. The van der Waals surface area contributed by atoms with Gasteiger partial charge in [0.05, 0.1) is 21.3 Å². The van der Waals surface area contributed by atoms with Crippen molar-refractivity contribution >= 4 is 11.9 Å². The molecule has 2 aromatic carbocycles. The van der Waals surface area contributed by atoms with Crippen molar-refractivity contribution in [2.75, 3.05) is 27.9 Å². The van der Waals surface area contributed by atoms with E-state index in [0.717, 1.165) is 16.9 Å². The number of methoxy groups -OCH3 is 3. The first-order valence-electron chi connectivity index (χ1n) is 9.08. The molecule has 1 atom stereocenters. The van der Waals surface area contributed by atoms with E-state index < -0.39 is 17.4 Å². The molecular formula is C23H22O6. The largest absolute Gasteiger partial charge is 0.497 e. The molecule has 1 fully saturated rings. The minimum absolute atomic E-state index is 0.166. The van der Waals surface area contributed by atoms with Crippen LogP contribution in [0.1, 0.15) is 23.5 Å². The van der Waals surface area contributed by atoms with Crippen molar-refractivity contribution in [3.05, 3.63) is 59.7 Å². The van der Waals surface area contributed by atoms with Crippen LogP contribution in [-0.4, -0.2) is 39.9 Å². The van der Waals surface area contributed by atoms with E-state index in [2.05, 4.69) is 11.8 Å². The average Bonchev–Trinajstić information content (AvgIpc) is 3.53. The van der Waals surface area contributed by atoms with E-state index in [0.29, 0.717) is 12.2 Å². The molecule has 0 N–H and O–H groups in total. The van der Waals surface area contributed by atoms with Crippen LogP contribution in [0.4, 0.5) is 0 Å². The maximum absolute atomic E-state index is 12.3. The number of carbonyl (C=O) groups excluding carboxylic acids is 2. The van der Waals surface area contributed by atoms with Gasteiger partial charge in [-0.15, -0.1) is 0 Å². The fourth-order valence-electron chi connectivity index (χ4n) is 3.36. The number of hydrogen-bond acceptors (Lipinski definition) is 6. The summed E-state index contributed by atoms with van der Waals surface area (Å²) >= 11 is 0. The standard InChI is InChI=1S/C23H22O6/c1-26-17-12-10-16(11-13-17)7-6-14-29-20-9-5-4-8-18(20)19-15-23(19,21(24)27-2)22(25)28-3/h4-5,8-13,19H,14-15H2,1-3H3. The Balaban J connectivity index is 1.73. The highest BCUT2D eigenvalue weighted by atomic mass is 16.5. The molecule has 0 aromatic heterocycles. The minimum atomic E-state index is -1.31. The zero-order valence-electron chi connectivity index (χ0n) is 16.6. The Hall–Kier alpha value is -3.46. The van der Waals surface area contributed by atoms with Crippen LogP contribution in [-0.2, 0) is 19.1 Å².